The molecule has 2 heteroatoms. The average Bonchev–Trinajstić information content (AvgIpc) is 2.94. The number of carbonyl (C=O) groups excluding carboxylic acids is 1. The molecule has 1 nitrogen and oxygen atoms in total. The molecule has 0 radical (unpaired) electrons. The van der Waals surface area contributed by atoms with Gasteiger partial charge in [-0.2, -0.15) is 0 Å². The SMILES string of the molecule is C[Si](C)(/C=C1/C(=O)C=C2CCC[C@@H]21)c1ccccc1. The van der Waals surface area contributed by atoms with Gasteiger partial charge < -0.3 is 0 Å². The Balaban J connectivity index is 1.96. The molecule has 0 N–H and O–H groups in total. The predicted molar refractivity (Wildman–Crippen MR) is 82.1 cm³/mol. The molecular formula is C17H20OSi. The predicted octanol–water partition coefficient (Wildman–Crippen LogP) is 3.38. The van der Waals surface area contributed by atoms with Crippen molar-refractivity contribution in [2.75, 3.05) is 0 Å². The van der Waals surface area contributed by atoms with Gasteiger partial charge in [-0.1, -0.05) is 59.9 Å². The van der Waals surface area contributed by atoms with Crippen molar-refractivity contribution >= 4 is 19.0 Å². The van der Waals surface area contributed by atoms with E-state index < -0.39 is 8.07 Å². The first-order valence-electron chi connectivity index (χ1n) is 7.11. The number of rotatable bonds is 2. The van der Waals surface area contributed by atoms with Crippen molar-refractivity contribution in [2.45, 2.75) is 32.4 Å². The van der Waals surface area contributed by atoms with E-state index in [1.807, 2.05) is 6.08 Å². The highest BCUT2D eigenvalue weighted by atomic mass is 28.3. The fourth-order valence-electron chi connectivity index (χ4n) is 3.33. The lowest BCUT2D eigenvalue weighted by molar-refractivity contribution is -0.111. The Bertz CT molecular complexity index is 566. The van der Waals surface area contributed by atoms with Crippen molar-refractivity contribution in [2.24, 2.45) is 5.92 Å². The molecule has 0 unspecified atom stereocenters. The maximum Gasteiger partial charge on any atom is 0.181 e. The van der Waals surface area contributed by atoms with Crippen molar-refractivity contribution < 1.29 is 4.79 Å². The molecule has 0 spiro atoms. The normalized spacial score (nSPS) is 24.7. The van der Waals surface area contributed by atoms with Gasteiger partial charge >= 0.3 is 0 Å². The van der Waals surface area contributed by atoms with Crippen LogP contribution in [0.15, 0.2) is 53.3 Å². The third kappa shape index (κ3) is 2.25. The van der Waals surface area contributed by atoms with Crippen molar-refractivity contribution in [3.8, 4) is 0 Å². The molecule has 2 aliphatic carbocycles. The number of fused-ring (bicyclic) bond motifs is 1. The number of hydrogen-bond donors (Lipinski definition) is 0. The molecule has 19 heavy (non-hydrogen) atoms. The Kier molecular flexibility index (Phi) is 3.06. The van der Waals surface area contributed by atoms with Crippen molar-refractivity contribution in [1.29, 1.82) is 0 Å². The number of hydrogen-bond acceptors (Lipinski definition) is 1. The van der Waals surface area contributed by atoms with E-state index in [0.29, 0.717) is 5.92 Å². The van der Waals surface area contributed by atoms with E-state index in [1.54, 1.807) is 0 Å². The summed E-state index contributed by atoms with van der Waals surface area (Å²) in [4.78, 5) is 12.2. The molecule has 0 heterocycles. The quantitative estimate of drug-likeness (QED) is 0.593. The molecular weight excluding hydrogens is 248 g/mol. The van der Waals surface area contributed by atoms with Crippen LogP contribution in [0.4, 0.5) is 0 Å². The monoisotopic (exact) mass is 268 g/mol. The minimum Gasteiger partial charge on any atom is -0.290 e. The van der Waals surface area contributed by atoms with E-state index in [4.69, 9.17) is 0 Å². The van der Waals surface area contributed by atoms with Gasteiger partial charge in [-0.15, -0.1) is 0 Å². The zero-order chi connectivity index (χ0) is 13.5. The van der Waals surface area contributed by atoms with Gasteiger partial charge in [0.2, 0.25) is 0 Å². The van der Waals surface area contributed by atoms with Gasteiger partial charge in [0.05, 0.1) is 0 Å². The van der Waals surface area contributed by atoms with Crippen molar-refractivity contribution in [3.05, 3.63) is 53.3 Å². The average molecular weight is 268 g/mol. The fraction of sp³-hybridized carbons (Fsp3) is 0.353. The minimum absolute atomic E-state index is 0.274. The Morgan fingerprint density at radius 2 is 1.95 bits per heavy atom. The lowest BCUT2D eigenvalue weighted by Gasteiger charge is -2.21. The maximum atomic E-state index is 12.2. The maximum absolute atomic E-state index is 12.2. The highest BCUT2D eigenvalue weighted by molar-refractivity contribution is 6.94. The lowest BCUT2D eigenvalue weighted by atomic mass is 10.0. The molecule has 0 aromatic heterocycles. The summed E-state index contributed by atoms with van der Waals surface area (Å²) >= 11 is 0. The lowest BCUT2D eigenvalue weighted by Crippen LogP contribution is -2.40. The minimum atomic E-state index is -1.66. The molecule has 1 atom stereocenters. The van der Waals surface area contributed by atoms with E-state index in [1.165, 1.54) is 23.6 Å². The molecule has 0 amide bonds. The van der Waals surface area contributed by atoms with Gasteiger partial charge in [0.15, 0.2) is 5.78 Å². The second-order valence-electron chi connectivity index (χ2n) is 6.22. The van der Waals surface area contributed by atoms with Crippen LogP contribution in [0.1, 0.15) is 19.3 Å². The van der Waals surface area contributed by atoms with Crippen LogP contribution in [0, 0.1) is 5.92 Å². The topological polar surface area (TPSA) is 17.1 Å². The van der Waals surface area contributed by atoms with E-state index in [2.05, 4.69) is 49.1 Å². The summed E-state index contributed by atoms with van der Waals surface area (Å²) in [6, 6.07) is 10.6. The summed E-state index contributed by atoms with van der Waals surface area (Å²) in [5.41, 5.74) is 4.81. The van der Waals surface area contributed by atoms with Gasteiger partial charge in [0.25, 0.3) is 0 Å². The zero-order valence-electron chi connectivity index (χ0n) is 11.6. The number of carbonyl (C=O) groups is 1. The first-order valence-corrected chi connectivity index (χ1v) is 10.2. The number of allylic oxidation sites excluding steroid dienone is 3. The largest absolute Gasteiger partial charge is 0.290 e. The standard InChI is InChI=1S/C17H20OSi/c1-19(2,14-8-4-3-5-9-14)12-16-15-10-6-7-13(15)11-17(16)18/h3-5,8-9,11-12,15H,6-7,10H2,1-2H3/b16-12+/t15-/m0/s1. The van der Waals surface area contributed by atoms with E-state index in [-0.39, 0.29) is 5.78 Å². The molecule has 0 saturated heterocycles. The van der Waals surface area contributed by atoms with Crippen LogP contribution < -0.4 is 5.19 Å². The number of ketones is 1. The van der Waals surface area contributed by atoms with Crippen molar-refractivity contribution in [3.63, 3.8) is 0 Å². The zero-order valence-corrected chi connectivity index (χ0v) is 12.6. The Labute approximate surface area is 116 Å². The summed E-state index contributed by atoms with van der Waals surface area (Å²) < 4.78 is 0. The van der Waals surface area contributed by atoms with Crippen LogP contribution in [0.3, 0.4) is 0 Å². The molecule has 1 aromatic carbocycles. The summed E-state index contributed by atoms with van der Waals surface area (Å²) in [6.45, 7) is 4.66. The van der Waals surface area contributed by atoms with Crippen LogP contribution in [0.5, 0.6) is 0 Å². The Hall–Kier alpha value is -1.41. The van der Waals surface area contributed by atoms with Crippen LogP contribution in [-0.2, 0) is 4.79 Å². The third-order valence-electron chi connectivity index (χ3n) is 4.42. The van der Waals surface area contributed by atoms with Crippen LogP contribution in [-0.4, -0.2) is 13.9 Å². The first-order chi connectivity index (χ1) is 9.08. The molecule has 3 rings (SSSR count). The van der Waals surface area contributed by atoms with Gasteiger partial charge in [0.1, 0.15) is 8.07 Å². The molecule has 1 fully saturated rings. The van der Waals surface area contributed by atoms with Crippen LogP contribution >= 0.6 is 0 Å². The number of benzene rings is 1. The molecule has 0 bridgehead atoms. The fourth-order valence-corrected chi connectivity index (χ4v) is 5.67. The Morgan fingerprint density at radius 3 is 2.68 bits per heavy atom. The van der Waals surface area contributed by atoms with Gasteiger partial charge in [-0.05, 0) is 30.9 Å². The second kappa shape index (κ2) is 4.60. The third-order valence-corrected chi connectivity index (χ3v) is 7.27. The van der Waals surface area contributed by atoms with Crippen LogP contribution in [0.2, 0.25) is 13.1 Å². The molecule has 0 aliphatic heterocycles. The summed E-state index contributed by atoms with van der Waals surface area (Å²) in [6.07, 6.45) is 5.44. The summed E-state index contributed by atoms with van der Waals surface area (Å²) in [5, 5.41) is 1.40. The summed E-state index contributed by atoms with van der Waals surface area (Å²) in [7, 11) is -1.66. The molecule has 1 aromatic rings. The van der Waals surface area contributed by atoms with E-state index >= 15 is 0 Å². The van der Waals surface area contributed by atoms with Crippen LogP contribution in [0.25, 0.3) is 0 Å². The smallest absolute Gasteiger partial charge is 0.181 e. The Morgan fingerprint density at radius 1 is 1.21 bits per heavy atom. The molecule has 2 aliphatic rings. The molecule has 98 valence electrons. The van der Waals surface area contributed by atoms with Gasteiger partial charge in [0, 0.05) is 5.92 Å². The summed E-state index contributed by atoms with van der Waals surface area (Å²) in [5.74, 6) is 0.721. The van der Waals surface area contributed by atoms with Crippen molar-refractivity contribution in [1.82, 2.24) is 0 Å². The van der Waals surface area contributed by atoms with E-state index in [0.717, 1.165) is 12.0 Å². The van der Waals surface area contributed by atoms with Gasteiger partial charge in [-0.3, -0.25) is 4.79 Å². The van der Waals surface area contributed by atoms with E-state index in [9.17, 15) is 4.79 Å². The highest BCUT2D eigenvalue weighted by Gasteiger charge is 2.35. The highest BCUT2D eigenvalue weighted by Crippen LogP contribution is 2.41. The second-order valence-corrected chi connectivity index (χ2v) is 10.5. The molecule has 1 saturated carbocycles. The first kappa shape index (κ1) is 12.6. The van der Waals surface area contributed by atoms with Gasteiger partial charge in [-0.25, -0.2) is 0 Å².